The maximum Gasteiger partial charge on any atom is 0.231 e. The van der Waals surface area contributed by atoms with Crippen molar-refractivity contribution in [3.05, 3.63) is 51.7 Å². The summed E-state index contributed by atoms with van der Waals surface area (Å²) < 4.78 is 21.8. The van der Waals surface area contributed by atoms with E-state index in [1.54, 1.807) is 14.2 Å². The van der Waals surface area contributed by atoms with Gasteiger partial charge in [0.15, 0.2) is 23.0 Å². The SMILES string of the molecule is COc1ccc2c(c1OC)C[N+]1([O-])CCc3cc4c(cc3[C@@H]1C2)OCO4. The van der Waals surface area contributed by atoms with Gasteiger partial charge in [-0.2, -0.15) is 0 Å². The minimum Gasteiger partial charge on any atom is -0.632 e. The lowest BCUT2D eigenvalue weighted by Gasteiger charge is -2.54. The lowest BCUT2D eigenvalue weighted by Crippen LogP contribution is -2.52. The van der Waals surface area contributed by atoms with E-state index in [-0.39, 0.29) is 17.5 Å². The van der Waals surface area contributed by atoms with Crippen molar-refractivity contribution in [2.24, 2.45) is 0 Å². The van der Waals surface area contributed by atoms with Gasteiger partial charge in [-0.25, -0.2) is 0 Å². The molecule has 6 nitrogen and oxygen atoms in total. The number of methoxy groups -OCH3 is 2. The zero-order valence-corrected chi connectivity index (χ0v) is 14.9. The second-order valence-corrected chi connectivity index (χ2v) is 7.15. The Labute approximate surface area is 152 Å². The zero-order chi connectivity index (χ0) is 17.9. The predicted molar refractivity (Wildman–Crippen MR) is 94.5 cm³/mol. The third-order valence-electron chi connectivity index (χ3n) is 5.91. The quantitative estimate of drug-likeness (QED) is 0.612. The predicted octanol–water partition coefficient (Wildman–Crippen LogP) is 3.10. The van der Waals surface area contributed by atoms with Crippen molar-refractivity contribution in [1.82, 2.24) is 0 Å². The van der Waals surface area contributed by atoms with E-state index in [2.05, 4.69) is 6.07 Å². The smallest absolute Gasteiger partial charge is 0.231 e. The number of fused-ring (bicyclic) bond motifs is 5. The fourth-order valence-electron chi connectivity index (χ4n) is 4.58. The number of hydrogen-bond acceptors (Lipinski definition) is 5. The molecule has 2 atom stereocenters. The number of ether oxygens (including phenoxy) is 4. The number of hydrogen-bond donors (Lipinski definition) is 0. The van der Waals surface area contributed by atoms with Crippen molar-refractivity contribution < 1.29 is 23.6 Å². The number of rotatable bonds is 2. The van der Waals surface area contributed by atoms with Crippen LogP contribution in [0.2, 0.25) is 0 Å². The van der Waals surface area contributed by atoms with Crippen LogP contribution in [0, 0.1) is 5.21 Å². The van der Waals surface area contributed by atoms with Crippen molar-refractivity contribution in [3.8, 4) is 23.0 Å². The number of quaternary nitrogens is 1. The third-order valence-corrected chi connectivity index (χ3v) is 5.91. The molecule has 1 unspecified atom stereocenters. The first kappa shape index (κ1) is 15.8. The Hall–Kier alpha value is -2.44. The topological polar surface area (TPSA) is 60.0 Å². The van der Waals surface area contributed by atoms with Gasteiger partial charge < -0.3 is 28.8 Å². The lowest BCUT2D eigenvalue weighted by molar-refractivity contribution is -0.928. The summed E-state index contributed by atoms with van der Waals surface area (Å²) in [6, 6.07) is 7.91. The summed E-state index contributed by atoms with van der Waals surface area (Å²) in [7, 11) is 3.25. The highest BCUT2D eigenvalue weighted by Gasteiger charge is 2.42. The second kappa shape index (κ2) is 5.53. The van der Waals surface area contributed by atoms with Crippen molar-refractivity contribution >= 4 is 0 Å². The molecule has 0 aromatic heterocycles. The molecule has 0 spiro atoms. The Balaban J connectivity index is 1.62. The summed E-state index contributed by atoms with van der Waals surface area (Å²) >= 11 is 0. The van der Waals surface area contributed by atoms with E-state index in [4.69, 9.17) is 18.9 Å². The number of hydroxylamine groups is 3. The van der Waals surface area contributed by atoms with Crippen LogP contribution in [0.4, 0.5) is 0 Å². The van der Waals surface area contributed by atoms with E-state index in [0.29, 0.717) is 31.0 Å². The van der Waals surface area contributed by atoms with E-state index in [1.165, 1.54) is 5.56 Å². The molecule has 6 heteroatoms. The van der Waals surface area contributed by atoms with Crippen LogP contribution in [0.25, 0.3) is 0 Å². The molecule has 0 bridgehead atoms. The summed E-state index contributed by atoms with van der Waals surface area (Å²) in [6.45, 7) is 1.20. The van der Waals surface area contributed by atoms with Crippen molar-refractivity contribution in [3.63, 3.8) is 0 Å². The van der Waals surface area contributed by atoms with Gasteiger partial charge in [0.25, 0.3) is 0 Å². The molecule has 3 aliphatic rings. The van der Waals surface area contributed by atoms with Crippen LogP contribution in [0.3, 0.4) is 0 Å². The van der Waals surface area contributed by atoms with Crippen molar-refractivity contribution in [2.75, 3.05) is 27.6 Å². The summed E-state index contributed by atoms with van der Waals surface area (Å²) in [5.41, 5.74) is 4.42. The summed E-state index contributed by atoms with van der Waals surface area (Å²) in [5.74, 6) is 2.90. The van der Waals surface area contributed by atoms with Gasteiger partial charge in [0.05, 0.1) is 26.3 Å². The first-order chi connectivity index (χ1) is 12.6. The van der Waals surface area contributed by atoms with Gasteiger partial charge in [-0.15, -0.1) is 0 Å². The highest BCUT2D eigenvalue weighted by atomic mass is 16.7. The molecule has 0 aliphatic carbocycles. The maximum atomic E-state index is 13.8. The van der Waals surface area contributed by atoms with E-state index < -0.39 is 0 Å². The van der Waals surface area contributed by atoms with Gasteiger partial charge in [0.2, 0.25) is 6.79 Å². The Morgan fingerprint density at radius 3 is 2.65 bits per heavy atom. The van der Waals surface area contributed by atoms with Crippen molar-refractivity contribution in [1.29, 1.82) is 0 Å². The molecule has 0 radical (unpaired) electrons. The molecule has 3 aliphatic heterocycles. The normalized spacial score (nSPS) is 25.1. The van der Waals surface area contributed by atoms with Crippen LogP contribution in [-0.4, -0.2) is 32.2 Å². The zero-order valence-electron chi connectivity index (χ0n) is 14.9. The van der Waals surface area contributed by atoms with Gasteiger partial charge >= 0.3 is 0 Å². The molecule has 0 saturated carbocycles. The maximum absolute atomic E-state index is 13.8. The molecule has 0 N–H and O–H groups in total. The van der Waals surface area contributed by atoms with Crippen LogP contribution in [0.1, 0.15) is 28.3 Å². The number of benzene rings is 2. The van der Waals surface area contributed by atoms with Crippen LogP contribution in [0.5, 0.6) is 23.0 Å². The van der Waals surface area contributed by atoms with E-state index in [1.807, 2.05) is 18.2 Å². The van der Waals surface area contributed by atoms with Crippen LogP contribution in [-0.2, 0) is 19.4 Å². The Morgan fingerprint density at radius 2 is 1.88 bits per heavy atom. The van der Waals surface area contributed by atoms with E-state index in [9.17, 15) is 5.21 Å². The van der Waals surface area contributed by atoms with Gasteiger partial charge in [0, 0.05) is 18.4 Å². The Bertz CT molecular complexity index is 896. The molecule has 2 aromatic carbocycles. The molecule has 2 aromatic rings. The summed E-state index contributed by atoms with van der Waals surface area (Å²) in [6.07, 6.45) is 1.43. The minimum absolute atomic E-state index is 0.126. The fourth-order valence-corrected chi connectivity index (χ4v) is 4.58. The second-order valence-electron chi connectivity index (χ2n) is 7.15. The largest absolute Gasteiger partial charge is 0.632 e. The third kappa shape index (κ3) is 2.12. The van der Waals surface area contributed by atoms with Gasteiger partial charge in [-0.05, 0) is 29.3 Å². The van der Waals surface area contributed by atoms with E-state index in [0.717, 1.165) is 34.6 Å². The average molecular weight is 355 g/mol. The highest BCUT2D eigenvalue weighted by Crippen LogP contribution is 2.49. The Kier molecular flexibility index (Phi) is 3.36. The highest BCUT2D eigenvalue weighted by molar-refractivity contribution is 5.54. The van der Waals surface area contributed by atoms with Gasteiger partial charge in [0.1, 0.15) is 12.6 Å². The molecule has 0 fully saturated rings. The fraction of sp³-hybridized carbons (Fsp3) is 0.400. The van der Waals surface area contributed by atoms with Crippen LogP contribution >= 0.6 is 0 Å². The Morgan fingerprint density at radius 1 is 1.08 bits per heavy atom. The van der Waals surface area contributed by atoms with E-state index >= 15 is 0 Å². The van der Waals surface area contributed by atoms with Gasteiger partial charge in [-0.3, -0.25) is 0 Å². The standard InChI is InChI=1S/C20H21NO5/c1-23-17-4-3-12-7-16-14-9-19-18(25-11-26-19)8-13(14)5-6-21(16,22)10-15(12)20(17)24-2/h3-4,8-9,16H,5-7,10-11H2,1-2H3/t16-,21?/m0/s1. The molecule has 5 rings (SSSR count). The molecule has 3 heterocycles. The molecule has 136 valence electrons. The molecular formula is C20H21NO5. The lowest BCUT2D eigenvalue weighted by atomic mass is 9.83. The van der Waals surface area contributed by atoms with Crippen LogP contribution < -0.4 is 18.9 Å². The summed E-state index contributed by atoms with van der Waals surface area (Å²) in [4.78, 5) is 0. The van der Waals surface area contributed by atoms with Crippen LogP contribution in [0.15, 0.2) is 24.3 Å². The summed E-state index contributed by atoms with van der Waals surface area (Å²) in [5, 5.41) is 13.8. The minimum atomic E-state index is -0.261. The molecule has 0 saturated heterocycles. The van der Waals surface area contributed by atoms with Gasteiger partial charge in [-0.1, -0.05) is 6.07 Å². The van der Waals surface area contributed by atoms with Crippen molar-refractivity contribution in [2.45, 2.75) is 25.4 Å². The first-order valence-corrected chi connectivity index (χ1v) is 8.86. The average Bonchev–Trinajstić information content (AvgIpc) is 3.11. The molecule has 26 heavy (non-hydrogen) atoms. The monoisotopic (exact) mass is 355 g/mol. The first-order valence-electron chi connectivity index (χ1n) is 8.86. The molecule has 0 amide bonds. The molecular weight excluding hydrogens is 334 g/mol. The number of nitrogens with zero attached hydrogens (tertiary/aromatic N) is 1.